The maximum Gasteiger partial charge on any atom is 0.322 e. The Labute approximate surface area is 223 Å². The van der Waals surface area contributed by atoms with Crippen LogP contribution in [0.1, 0.15) is 13.8 Å². The van der Waals surface area contributed by atoms with E-state index in [9.17, 15) is 14.0 Å². The zero-order valence-electron chi connectivity index (χ0n) is 21.7. The predicted octanol–water partition coefficient (Wildman–Crippen LogP) is 4.82. The molecule has 0 bridgehead atoms. The summed E-state index contributed by atoms with van der Waals surface area (Å²) in [7, 11) is 3.09. The average molecular weight is 532 g/mol. The molecule has 39 heavy (non-hydrogen) atoms. The number of hydrogen-bond donors (Lipinski definition) is 2. The van der Waals surface area contributed by atoms with Gasteiger partial charge in [-0.1, -0.05) is 13.8 Å². The van der Waals surface area contributed by atoms with Crippen molar-refractivity contribution in [3.63, 3.8) is 0 Å². The molecule has 2 aromatic carbocycles. The highest BCUT2D eigenvalue weighted by atomic mass is 19.1. The maximum atomic E-state index is 13.1. The quantitative estimate of drug-likeness (QED) is 0.332. The van der Waals surface area contributed by atoms with E-state index >= 15 is 0 Å². The monoisotopic (exact) mass is 531 g/mol. The number of nitrogens with zero attached hydrogens (tertiary/aromatic N) is 3. The molecule has 200 valence electrons. The first-order valence-corrected chi connectivity index (χ1v) is 12.1. The Morgan fingerprint density at radius 3 is 2.03 bits per heavy atom. The van der Waals surface area contributed by atoms with Crippen molar-refractivity contribution in [1.82, 2.24) is 15.0 Å². The van der Waals surface area contributed by atoms with Crippen LogP contribution >= 0.6 is 0 Å². The van der Waals surface area contributed by atoms with Gasteiger partial charge in [0, 0.05) is 23.3 Å². The van der Waals surface area contributed by atoms with Crippen LogP contribution in [0.4, 0.5) is 15.8 Å². The van der Waals surface area contributed by atoms with E-state index in [4.69, 9.17) is 14.2 Å². The van der Waals surface area contributed by atoms with E-state index in [0.29, 0.717) is 39.5 Å². The fourth-order valence-corrected chi connectivity index (χ4v) is 4.66. The van der Waals surface area contributed by atoms with Crippen molar-refractivity contribution in [3.05, 3.63) is 66.9 Å². The molecule has 2 atom stereocenters. The molecule has 0 spiro atoms. The third-order valence-electron chi connectivity index (χ3n) is 6.81. The Balaban J connectivity index is 1.25. The lowest BCUT2D eigenvalue weighted by atomic mass is 10.1. The molecule has 1 fully saturated rings. The Kier molecular flexibility index (Phi) is 6.73. The van der Waals surface area contributed by atoms with Crippen molar-refractivity contribution < 1.29 is 28.2 Å². The lowest BCUT2D eigenvalue weighted by Gasteiger charge is -2.11. The zero-order chi connectivity index (χ0) is 27.7. The van der Waals surface area contributed by atoms with E-state index in [1.165, 1.54) is 36.7 Å². The number of benzene rings is 2. The van der Waals surface area contributed by atoms with Crippen LogP contribution in [0.3, 0.4) is 0 Å². The molecule has 2 heterocycles. The Morgan fingerprint density at radius 1 is 0.821 bits per heavy atom. The summed E-state index contributed by atoms with van der Waals surface area (Å²) in [6.45, 7) is 3.70. The van der Waals surface area contributed by atoms with Crippen LogP contribution in [0.25, 0.3) is 10.9 Å². The largest absolute Gasteiger partial charge is 0.493 e. The van der Waals surface area contributed by atoms with Crippen LogP contribution in [0.15, 0.2) is 61.1 Å². The van der Waals surface area contributed by atoms with Crippen molar-refractivity contribution >= 4 is 34.1 Å². The number of rotatable bonds is 8. The van der Waals surface area contributed by atoms with E-state index in [1.54, 1.807) is 38.6 Å². The van der Waals surface area contributed by atoms with E-state index in [1.807, 2.05) is 13.8 Å². The number of amides is 2. The first kappa shape index (κ1) is 25.8. The van der Waals surface area contributed by atoms with Crippen LogP contribution in [-0.4, -0.2) is 41.0 Å². The molecular formula is C28H26FN5O5. The van der Waals surface area contributed by atoms with Crippen molar-refractivity contribution in [3.8, 4) is 23.3 Å². The molecule has 10 nitrogen and oxygen atoms in total. The van der Waals surface area contributed by atoms with E-state index in [-0.39, 0.29) is 17.8 Å². The lowest BCUT2D eigenvalue weighted by Crippen LogP contribution is -2.20. The van der Waals surface area contributed by atoms with Gasteiger partial charge in [-0.2, -0.15) is 0 Å². The third kappa shape index (κ3) is 5.15. The number of anilines is 2. The molecule has 11 heteroatoms. The van der Waals surface area contributed by atoms with Crippen molar-refractivity contribution in [1.29, 1.82) is 0 Å². The number of aromatic nitrogens is 3. The summed E-state index contributed by atoms with van der Waals surface area (Å²) in [6, 6.07) is 10.7. The highest BCUT2D eigenvalue weighted by molar-refractivity contribution is 6.04. The number of carbonyl (C=O) groups excluding carboxylic acids is 2. The van der Waals surface area contributed by atoms with Gasteiger partial charge in [0.2, 0.25) is 11.8 Å². The van der Waals surface area contributed by atoms with Gasteiger partial charge in [0.25, 0.3) is 0 Å². The number of pyridine rings is 1. The van der Waals surface area contributed by atoms with E-state index in [2.05, 4.69) is 25.6 Å². The van der Waals surface area contributed by atoms with Gasteiger partial charge in [0.1, 0.15) is 11.6 Å². The standard InChI is InChI=1S/C28H26FN5O5/c1-28(2)23(25(35)33-16-7-5-15(29)6-8-16)24(28)26(36)34-17-13-31-27(32-14-17)39-20-9-10-30-19-12-22(38-4)21(37-3)11-18(19)20/h5-14,23-24H,1-4H3,(H,33,35)(H,34,36)/t23-,24+/m0/s1. The molecule has 2 aromatic heterocycles. The molecule has 5 rings (SSSR count). The SMILES string of the molecule is COc1cc2nccc(Oc3ncc(NC(=O)[C@H]4[C@@H](C(=O)Nc5ccc(F)cc5)C4(C)C)cn3)c2cc1OC. The number of carbonyl (C=O) groups is 2. The lowest BCUT2D eigenvalue weighted by molar-refractivity contribution is -0.122. The predicted molar refractivity (Wildman–Crippen MR) is 141 cm³/mol. The fraction of sp³-hybridized carbons (Fsp3) is 0.250. The third-order valence-corrected chi connectivity index (χ3v) is 6.81. The molecule has 2 amide bonds. The van der Waals surface area contributed by atoms with E-state index in [0.717, 1.165) is 0 Å². The highest BCUT2D eigenvalue weighted by Gasteiger charge is 2.65. The van der Waals surface area contributed by atoms with Crippen LogP contribution in [0, 0.1) is 23.1 Å². The van der Waals surface area contributed by atoms with Crippen molar-refractivity contribution in [2.24, 2.45) is 17.3 Å². The Morgan fingerprint density at radius 2 is 1.41 bits per heavy atom. The van der Waals surface area contributed by atoms with Gasteiger partial charge < -0.3 is 24.8 Å². The average Bonchev–Trinajstić information content (AvgIpc) is 3.52. The fourth-order valence-electron chi connectivity index (χ4n) is 4.66. The number of fused-ring (bicyclic) bond motifs is 1. The van der Waals surface area contributed by atoms with Crippen LogP contribution in [-0.2, 0) is 9.59 Å². The summed E-state index contributed by atoms with van der Waals surface area (Å²) in [4.78, 5) is 38.5. The smallest absolute Gasteiger partial charge is 0.322 e. The van der Waals surface area contributed by atoms with Crippen LogP contribution < -0.4 is 24.8 Å². The summed E-state index contributed by atoms with van der Waals surface area (Å²) in [5, 5.41) is 6.20. The van der Waals surface area contributed by atoms with E-state index < -0.39 is 23.1 Å². The molecule has 0 unspecified atom stereocenters. The first-order chi connectivity index (χ1) is 18.7. The highest BCUT2D eigenvalue weighted by Crippen LogP contribution is 2.59. The molecule has 2 N–H and O–H groups in total. The van der Waals surface area contributed by atoms with Gasteiger partial charge >= 0.3 is 6.01 Å². The normalized spacial score (nSPS) is 17.3. The molecule has 1 aliphatic rings. The molecule has 1 saturated carbocycles. The van der Waals surface area contributed by atoms with Gasteiger partial charge in [-0.25, -0.2) is 14.4 Å². The number of ether oxygens (including phenoxy) is 3. The second kappa shape index (κ2) is 10.2. The summed E-state index contributed by atoms with van der Waals surface area (Å²) in [6.07, 6.45) is 4.45. The zero-order valence-corrected chi connectivity index (χ0v) is 21.7. The van der Waals surface area contributed by atoms with Gasteiger partial charge in [0.15, 0.2) is 11.5 Å². The van der Waals surface area contributed by atoms with Crippen molar-refractivity contribution in [2.75, 3.05) is 24.9 Å². The topological polar surface area (TPSA) is 125 Å². The van der Waals surface area contributed by atoms with Crippen LogP contribution in [0.2, 0.25) is 0 Å². The molecule has 0 radical (unpaired) electrons. The number of halogens is 1. The minimum Gasteiger partial charge on any atom is -0.493 e. The summed E-state index contributed by atoms with van der Waals surface area (Å²) >= 11 is 0. The first-order valence-electron chi connectivity index (χ1n) is 12.1. The summed E-state index contributed by atoms with van der Waals surface area (Å²) in [5.74, 6) is -0.582. The second-order valence-electron chi connectivity index (χ2n) is 9.65. The van der Waals surface area contributed by atoms with Gasteiger partial charge in [0.05, 0.1) is 49.7 Å². The Hall–Kier alpha value is -4.80. The van der Waals surface area contributed by atoms with Crippen molar-refractivity contribution in [2.45, 2.75) is 13.8 Å². The number of methoxy groups -OCH3 is 2. The minimum absolute atomic E-state index is 0.0681. The van der Waals surface area contributed by atoms with Gasteiger partial charge in [-0.05, 0) is 41.8 Å². The molecule has 1 aliphatic carbocycles. The van der Waals surface area contributed by atoms with Crippen LogP contribution in [0.5, 0.6) is 23.3 Å². The molecular weight excluding hydrogens is 505 g/mol. The minimum atomic E-state index is -0.552. The van der Waals surface area contributed by atoms with Gasteiger partial charge in [-0.3, -0.25) is 14.6 Å². The second-order valence-corrected chi connectivity index (χ2v) is 9.65. The molecule has 4 aromatic rings. The summed E-state index contributed by atoms with van der Waals surface area (Å²) in [5.41, 5.74) is 0.911. The maximum absolute atomic E-state index is 13.1. The Bertz CT molecular complexity index is 1540. The molecule has 0 saturated heterocycles. The number of nitrogens with one attached hydrogen (secondary N) is 2. The molecule has 0 aliphatic heterocycles. The summed E-state index contributed by atoms with van der Waals surface area (Å²) < 4.78 is 29.7. The number of hydrogen-bond acceptors (Lipinski definition) is 8. The van der Waals surface area contributed by atoms with Gasteiger partial charge in [-0.15, -0.1) is 0 Å².